The fourth-order valence-electron chi connectivity index (χ4n) is 3.43. The first-order valence-electron chi connectivity index (χ1n) is 9.01. The van der Waals surface area contributed by atoms with E-state index in [2.05, 4.69) is 68.7 Å². The molecule has 0 aliphatic carbocycles. The van der Waals surface area contributed by atoms with E-state index in [1.807, 2.05) is 6.07 Å². The standard InChI is InChI=1S/C21H23N5/c22-19-20(23-12-10-16-6-2-1-3-7-16)24-15-25-21(19)26-13-11-17-8-4-5-9-18(17)14-26/h1-9,15H,10-14,22H2,(H,23,24,25). The summed E-state index contributed by atoms with van der Waals surface area (Å²) in [5.41, 5.74) is 11.1. The lowest BCUT2D eigenvalue weighted by Crippen LogP contribution is -2.32. The zero-order valence-corrected chi connectivity index (χ0v) is 14.7. The van der Waals surface area contributed by atoms with Crippen LogP contribution in [0, 0.1) is 0 Å². The van der Waals surface area contributed by atoms with E-state index in [9.17, 15) is 0 Å². The van der Waals surface area contributed by atoms with E-state index in [1.165, 1.54) is 16.7 Å². The molecule has 1 aliphatic rings. The van der Waals surface area contributed by atoms with Gasteiger partial charge >= 0.3 is 0 Å². The zero-order chi connectivity index (χ0) is 17.8. The van der Waals surface area contributed by atoms with Crippen LogP contribution in [0.25, 0.3) is 0 Å². The number of benzene rings is 2. The molecule has 0 saturated heterocycles. The number of fused-ring (bicyclic) bond motifs is 1. The van der Waals surface area contributed by atoms with Crippen LogP contribution in [0.5, 0.6) is 0 Å². The molecule has 0 fully saturated rings. The molecule has 3 aromatic rings. The lowest BCUT2D eigenvalue weighted by molar-refractivity contribution is 0.720. The highest BCUT2D eigenvalue weighted by Gasteiger charge is 2.20. The predicted octanol–water partition coefficient (Wildman–Crippen LogP) is 3.28. The molecule has 0 bridgehead atoms. The molecule has 5 nitrogen and oxygen atoms in total. The van der Waals surface area contributed by atoms with Crippen LogP contribution in [0.4, 0.5) is 17.3 Å². The van der Waals surface area contributed by atoms with Crippen molar-refractivity contribution in [2.45, 2.75) is 19.4 Å². The van der Waals surface area contributed by atoms with E-state index >= 15 is 0 Å². The van der Waals surface area contributed by atoms with E-state index in [-0.39, 0.29) is 0 Å². The molecule has 1 aliphatic heterocycles. The molecule has 0 atom stereocenters. The first kappa shape index (κ1) is 16.4. The first-order valence-corrected chi connectivity index (χ1v) is 9.01. The monoisotopic (exact) mass is 345 g/mol. The lowest BCUT2D eigenvalue weighted by atomic mass is 10.00. The van der Waals surface area contributed by atoms with Crippen molar-refractivity contribution in [2.24, 2.45) is 0 Å². The minimum atomic E-state index is 0.625. The van der Waals surface area contributed by atoms with Crippen molar-refractivity contribution in [3.63, 3.8) is 0 Å². The Balaban J connectivity index is 1.46. The van der Waals surface area contributed by atoms with E-state index in [0.717, 1.165) is 38.3 Å². The van der Waals surface area contributed by atoms with E-state index < -0.39 is 0 Å². The Bertz CT molecular complexity index is 879. The Labute approximate surface area is 153 Å². The summed E-state index contributed by atoms with van der Waals surface area (Å²) in [6.45, 7) is 2.54. The minimum absolute atomic E-state index is 0.625. The summed E-state index contributed by atoms with van der Waals surface area (Å²) in [7, 11) is 0. The number of nitrogens with one attached hydrogen (secondary N) is 1. The van der Waals surface area contributed by atoms with Gasteiger partial charge in [-0.15, -0.1) is 0 Å². The second kappa shape index (κ2) is 7.44. The predicted molar refractivity (Wildman–Crippen MR) is 106 cm³/mol. The first-order chi connectivity index (χ1) is 12.8. The lowest BCUT2D eigenvalue weighted by Gasteiger charge is -2.30. The molecule has 5 heteroatoms. The van der Waals surface area contributed by atoms with Crippen molar-refractivity contribution in [2.75, 3.05) is 29.0 Å². The molecule has 2 heterocycles. The smallest absolute Gasteiger partial charge is 0.157 e. The Hall–Kier alpha value is -3.08. The number of hydrogen-bond acceptors (Lipinski definition) is 5. The number of aromatic nitrogens is 2. The Morgan fingerprint density at radius 3 is 2.58 bits per heavy atom. The van der Waals surface area contributed by atoms with E-state index in [4.69, 9.17) is 5.73 Å². The van der Waals surface area contributed by atoms with Gasteiger partial charge in [0.25, 0.3) is 0 Å². The summed E-state index contributed by atoms with van der Waals surface area (Å²) in [5.74, 6) is 1.53. The average Bonchev–Trinajstić information content (AvgIpc) is 2.70. The Kier molecular flexibility index (Phi) is 4.69. The van der Waals surface area contributed by atoms with Crippen molar-refractivity contribution in [3.8, 4) is 0 Å². The number of rotatable bonds is 5. The average molecular weight is 345 g/mol. The third-order valence-corrected chi connectivity index (χ3v) is 4.84. The molecule has 0 radical (unpaired) electrons. The molecule has 26 heavy (non-hydrogen) atoms. The number of nitrogen functional groups attached to an aromatic ring is 1. The fraction of sp³-hybridized carbons (Fsp3) is 0.238. The summed E-state index contributed by atoms with van der Waals surface area (Å²) in [5, 5.41) is 3.36. The highest BCUT2D eigenvalue weighted by molar-refractivity contribution is 5.75. The van der Waals surface area contributed by atoms with Gasteiger partial charge in [-0.1, -0.05) is 54.6 Å². The summed E-state index contributed by atoms with van der Waals surface area (Å²) in [6.07, 6.45) is 3.53. The molecule has 1 aromatic heterocycles. The summed E-state index contributed by atoms with van der Waals surface area (Å²) >= 11 is 0. The second-order valence-electron chi connectivity index (χ2n) is 6.56. The van der Waals surface area contributed by atoms with Crippen LogP contribution in [-0.2, 0) is 19.4 Å². The van der Waals surface area contributed by atoms with Gasteiger partial charge in [0.1, 0.15) is 12.0 Å². The SMILES string of the molecule is Nc1c(NCCc2ccccc2)ncnc1N1CCc2ccccc2C1. The van der Waals surface area contributed by atoms with E-state index in [0.29, 0.717) is 11.5 Å². The summed E-state index contributed by atoms with van der Waals surface area (Å²) < 4.78 is 0. The third-order valence-electron chi connectivity index (χ3n) is 4.84. The van der Waals surface area contributed by atoms with Crippen molar-refractivity contribution >= 4 is 17.3 Å². The number of nitrogens with two attached hydrogens (primary N) is 1. The molecule has 0 spiro atoms. The van der Waals surface area contributed by atoms with Crippen LogP contribution < -0.4 is 16.0 Å². The maximum absolute atomic E-state index is 6.38. The molecule has 0 amide bonds. The Morgan fingerprint density at radius 1 is 0.962 bits per heavy atom. The van der Waals surface area contributed by atoms with Crippen molar-refractivity contribution < 1.29 is 0 Å². The normalized spacial score (nSPS) is 13.3. The number of nitrogens with zero attached hydrogens (tertiary/aromatic N) is 3. The van der Waals surface area contributed by atoms with Crippen LogP contribution in [0.3, 0.4) is 0 Å². The summed E-state index contributed by atoms with van der Waals surface area (Å²) in [4.78, 5) is 11.0. The van der Waals surface area contributed by atoms with Gasteiger partial charge in [-0.25, -0.2) is 9.97 Å². The van der Waals surface area contributed by atoms with Crippen LogP contribution in [-0.4, -0.2) is 23.1 Å². The molecular formula is C21H23N5. The molecule has 2 aromatic carbocycles. The van der Waals surface area contributed by atoms with Gasteiger partial charge in [-0.3, -0.25) is 0 Å². The summed E-state index contributed by atoms with van der Waals surface area (Å²) in [6, 6.07) is 19.0. The van der Waals surface area contributed by atoms with Crippen LogP contribution in [0.2, 0.25) is 0 Å². The van der Waals surface area contributed by atoms with Crippen LogP contribution in [0.1, 0.15) is 16.7 Å². The second-order valence-corrected chi connectivity index (χ2v) is 6.56. The highest BCUT2D eigenvalue weighted by atomic mass is 15.2. The molecule has 3 N–H and O–H groups in total. The highest BCUT2D eigenvalue weighted by Crippen LogP contribution is 2.30. The quantitative estimate of drug-likeness (QED) is 0.743. The van der Waals surface area contributed by atoms with E-state index in [1.54, 1.807) is 6.33 Å². The van der Waals surface area contributed by atoms with Gasteiger partial charge in [0.2, 0.25) is 0 Å². The van der Waals surface area contributed by atoms with Gasteiger partial charge < -0.3 is 16.0 Å². The molecule has 132 valence electrons. The largest absolute Gasteiger partial charge is 0.393 e. The van der Waals surface area contributed by atoms with Crippen molar-refractivity contribution in [1.29, 1.82) is 0 Å². The zero-order valence-electron chi connectivity index (χ0n) is 14.7. The minimum Gasteiger partial charge on any atom is -0.393 e. The van der Waals surface area contributed by atoms with Gasteiger partial charge in [0, 0.05) is 19.6 Å². The fourth-order valence-corrected chi connectivity index (χ4v) is 3.43. The van der Waals surface area contributed by atoms with Gasteiger partial charge in [-0.2, -0.15) is 0 Å². The van der Waals surface area contributed by atoms with Crippen molar-refractivity contribution in [3.05, 3.63) is 77.6 Å². The number of hydrogen-bond donors (Lipinski definition) is 2. The maximum Gasteiger partial charge on any atom is 0.157 e. The molecule has 0 unspecified atom stereocenters. The topological polar surface area (TPSA) is 67.1 Å². The number of anilines is 3. The molecule has 0 saturated carbocycles. The van der Waals surface area contributed by atoms with Crippen LogP contribution in [0.15, 0.2) is 60.9 Å². The molecular weight excluding hydrogens is 322 g/mol. The van der Waals surface area contributed by atoms with Gasteiger partial charge in [0.15, 0.2) is 11.6 Å². The van der Waals surface area contributed by atoms with Crippen LogP contribution >= 0.6 is 0 Å². The van der Waals surface area contributed by atoms with Crippen molar-refractivity contribution in [1.82, 2.24) is 9.97 Å². The maximum atomic E-state index is 6.38. The third kappa shape index (κ3) is 3.47. The Morgan fingerprint density at radius 2 is 1.73 bits per heavy atom. The molecule has 4 rings (SSSR count). The van der Waals surface area contributed by atoms with Gasteiger partial charge in [-0.05, 0) is 29.5 Å². The van der Waals surface area contributed by atoms with Gasteiger partial charge in [0.05, 0.1) is 0 Å².